The Labute approximate surface area is 137 Å². The van der Waals surface area contributed by atoms with E-state index in [2.05, 4.69) is 5.32 Å². The zero-order valence-corrected chi connectivity index (χ0v) is 13.6. The van der Waals surface area contributed by atoms with Crippen molar-refractivity contribution in [3.05, 3.63) is 29.8 Å². The maximum absolute atomic E-state index is 10.7. The first kappa shape index (κ1) is 19.0. The van der Waals surface area contributed by atoms with E-state index in [9.17, 15) is 9.59 Å². The first-order valence-electron chi connectivity index (χ1n) is 8.38. The highest BCUT2D eigenvalue weighted by Crippen LogP contribution is 2.12. The SMILES string of the molecule is O=C(O)CCCCCCCCCCNc1ccc(C(=O)O)cc1. The van der Waals surface area contributed by atoms with E-state index in [1.807, 2.05) is 0 Å². The van der Waals surface area contributed by atoms with Crippen molar-refractivity contribution in [1.29, 1.82) is 0 Å². The van der Waals surface area contributed by atoms with Gasteiger partial charge in [-0.05, 0) is 37.1 Å². The summed E-state index contributed by atoms with van der Waals surface area (Å²) in [6.45, 7) is 0.894. The second kappa shape index (κ2) is 11.5. The second-order valence-corrected chi connectivity index (χ2v) is 5.78. The van der Waals surface area contributed by atoms with Crippen LogP contribution in [0.4, 0.5) is 5.69 Å². The Morgan fingerprint density at radius 2 is 1.30 bits per heavy atom. The summed E-state index contributed by atoms with van der Waals surface area (Å²) < 4.78 is 0. The van der Waals surface area contributed by atoms with Crippen LogP contribution in [0.2, 0.25) is 0 Å². The number of hydrogen-bond acceptors (Lipinski definition) is 3. The Bertz CT molecular complexity index is 470. The van der Waals surface area contributed by atoms with E-state index >= 15 is 0 Å². The zero-order chi connectivity index (χ0) is 16.9. The fraction of sp³-hybridized carbons (Fsp3) is 0.556. The quantitative estimate of drug-likeness (QED) is 0.469. The van der Waals surface area contributed by atoms with Gasteiger partial charge in [0.1, 0.15) is 0 Å². The van der Waals surface area contributed by atoms with Crippen LogP contribution in [0.15, 0.2) is 24.3 Å². The van der Waals surface area contributed by atoms with Gasteiger partial charge in [-0.25, -0.2) is 4.79 Å². The Morgan fingerprint density at radius 3 is 1.83 bits per heavy atom. The van der Waals surface area contributed by atoms with Crippen LogP contribution < -0.4 is 5.32 Å². The van der Waals surface area contributed by atoms with Gasteiger partial charge in [-0.15, -0.1) is 0 Å². The molecule has 0 atom stereocenters. The number of carboxylic acid groups (broad SMARTS) is 2. The molecule has 0 saturated heterocycles. The van der Waals surface area contributed by atoms with Crippen LogP contribution in [-0.2, 0) is 4.79 Å². The maximum atomic E-state index is 10.7. The molecule has 0 saturated carbocycles. The van der Waals surface area contributed by atoms with Gasteiger partial charge in [-0.2, -0.15) is 0 Å². The maximum Gasteiger partial charge on any atom is 0.335 e. The highest BCUT2D eigenvalue weighted by molar-refractivity contribution is 5.87. The van der Waals surface area contributed by atoms with Crippen molar-refractivity contribution in [2.45, 2.75) is 57.8 Å². The summed E-state index contributed by atoms with van der Waals surface area (Å²) in [4.78, 5) is 21.1. The minimum absolute atomic E-state index is 0.291. The van der Waals surface area contributed by atoms with Gasteiger partial charge in [0.2, 0.25) is 0 Å². The van der Waals surface area contributed by atoms with Crippen molar-refractivity contribution >= 4 is 17.6 Å². The molecule has 128 valence electrons. The molecule has 23 heavy (non-hydrogen) atoms. The lowest BCUT2D eigenvalue weighted by atomic mass is 10.1. The fourth-order valence-corrected chi connectivity index (χ4v) is 2.43. The zero-order valence-electron chi connectivity index (χ0n) is 13.6. The lowest BCUT2D eigenvalue weighted by Gasteiger charge is -2.06. The molecule has 1 aromatic carbocycles. The Morgan fingerprint density at radius 1 is 0.783 bits per heavy atom. The number of aromatic carboxylic acids is 1. The normalized spacial score (nSPS) is 10.4. The van der Waals surface area contributed by atoms with E-state index in [-0.39, 0.29) is 0 Å². The van der Waals surface area contributed by atoms with E-state index in [4.69, 9.17) is 10.2 Å². The molecule has 0 aliphatic rings. The Hall–Kier alpha value is -2.04. The van der Waals surface area contributed by atoms with Gasteiger partial charge in [0.05, 0.1) is 5.56 Å². The third-order valence-electron chi connectivity index (χ3n) is 3.78. The van der Waals surface area contributed by atoms with Gasteiger partial charge < -0.3 is 15.5 Å². The number of nitrogens with one attached hydrogen (secondary N) is 1. The third kappa shape index (κ3) is 9.55. The summed E-state index contributed by atoms with van der Waals surface area (Å²) in [5, 5.41) is 20.6. The predicted octanol–water partition coefficient (Wildman–Crippen LogP) is 4.39. The van der Waals surface area contributed by atoms with Crippen molar-refractivity contribution in [3.8, 4) is 0 Å². The Kier molecular flexibility index (Phi) is 9.52. The first-order valence-corrected chi connectivity index (χ1v) is 8.38. The second-order valence-electron chi connectivity index (χ2n) is 5.78. The molecule has 0 aromatic heterocycles. The molecule has 0 aliphatic heterocycles. The number of aliphatic carboxylic acids is 1. The molecule has 0 bridgehead atoms. The number of unbranched alkanes of at least 4 members (excludes halogenated alkanes) is 7. The molecular formula is C18H27NO4. The average Bonchev–Trinajstić information content (AvgIpc) is 2.52. The molecular weight excluding hydrogens is 294 g/mol. The van der Waals surface area contributed by atoms with E-state index < -0.39 is 11.9 Å². The van der Waals surface area contributed by atoms with Crippen molar-refractivity contribution in [2.75, 3.05) is 11.9 Å². The molecule has 1 rings (SSSR count). The summed E-state index contributed by atoms with van der Waals surface area (Å²) in [6, 6.07) is 6.80. The highest BCUT2D eigenvalue weighted by atomic mass is 16.4. The smallest absolute Gasteiger partial charge is 0.335 e. The molecule has 5 nitrogen and oxygen atoms in total. The number of carbonyl (C=O) groups is 2. The molecule has 3 N–H and O–H groups in total. The molecule has 5 heteroatoms. The molecule has 0 radical (unpaired) electrons. The number of benzene rings is 1. The molecule has 0 heterocycles. The molecule has 0 fully saturated rings. The van der Waals surface area contributed by atoms with Crippen molar-refractivity contribution < 1.29 is 19.8 Å². The summed E-state index contributed by atoms with van der Waals surface area (Å²) in [5.74, 6) is -1.60. The van der Waals surface area contributed by atoms with Crippen molar-refractivity contribution in [1.82, 2.24) is 0 Å². The topological polar surface area (TPSA) is 86.6 Å². The minimum atomic E-state index is -0.903. The van der Waals surface area contributed by atoms with Gasteiger partial charge in [0, 0.05) is 18.7 Å². The van der Waals surface area contributed by atoms with Crippen molar-refractivity contribution in [3.63, 3.8) is 0 Å². The number of rotatable bonds is 13. The standard InChI is InChI=1S/C18H27NO4/c20-17(21)9-7-5-3-1-2-4-6-8-14-19-16-12-10-15(11-13-16)18(22)23/h10-13,19H,1-9,14H2,(H,20,21)(H,22,23). The molecule has 0 aliphatic carbocycles. The van der Waals surface area contributed by atoms with Crippen LogP contribution in [-0.4, -0.2) is 28.7 Å². The number of carboxylic acids is 2. The molecule has 0 amide bonds. The van der Waals surface area contributed by atoms with E-state index in [1.165, 1.54) is 25.7 Å². The summed E-state index contributed by atoms with van der Waals surface area (Å²) in [5.41, 5.74) is 1.26. The number of anilines is 1. The van der Waals surface area contributed by atoms with Gasteiger partial charge in [0.25, 0.3) is 0 Å². The summed E-state index contributed by atoms with van der Waals surface area (Å²) >= 11 is 0. The van der Waals surface area contributed by atoms with Gasteiger partial charge >= 0.3 is 11.9 Å². The van der Waals surface area contributed by atoms with E-state index in [1.54, 1.807) is 24.3 Å². The van der Waals surface area contributed by atoms with Crippen molar-refractivity contribution in [2.24, 2.45) is 0 Å². The van der Waals surface area contributed by atoms with Gasteiger partial charge in [0.15, 0.2) is 0 Å². The third-order valence-corrected chi connectivity index (χ3v) is 3.78. The molecule has 1 aromatic rings. The average molecular weight is 321 g/mol. The first-order chi connectivity index (χ1) is 11.1. The lowest BCUT2D eigenvalue weighted by Crippen LogP contribution is -2.02. The van der Waals surface area contributed by atoms with Crippen LogP contribution in [0.25, 0.3) is 0 Å². The predicted molar refractivity (Wildman–Crippen MR) is 91.1 cm³/mol. The van der Waals surface area contributed by atoms with Crippen LogP contribution in [0, 0.1) is 0 Å². The van der Waals surface area contributed by atoms with Gasteiger partial charge in [-0.1, -0.05) is 38.5 Å². The van der Waals surface area contributed by atoms with Crippen LogP contribution >= 0.6 is 0 Å². The largest absolute Gasteiger partial charge is 0.481 e. The lowest BCUT2D eigenvalue weighted by molar-refractivity contribution is -0.137. The highest BCUT2D eigenvalue weighted by Gasteiger charge is 2.01. The molecule has 0 spiro atoms. The minimum Gasteiger partial charge on any atom is -0.481 e. The summed E-state index contributed by atoms with van der Waals surface area (Å²) in [7, 11) is 0. The van der Waals surface area contributed by atoms with Crippen LogP contribution in [0.3, 0.4) is 0 Å². The molecule has 0 unspecified atom stereocenters. The number of hydrogen-bond donors (Lipinski definition) is 3. The van der Waals surface area contributed by atoms with Gasteiger partial charge in [-0.3, -0.25) is 4.79 Å². The van der Waals surface area contributed by atoms with E-state index in [0.717, 1.165) is 37.9 Å². The van der Waals surface area contributed by atoms with Crippen LogP contribution in [0.1, 0.15) is 68.1 Å². The van der Waals surface area contributed by atoms with Crippen LogP contribution in [0.5, 0.6) is 0 Å². The van der Waals surface area contributed by atoms with E-state index in [0.29, 0.717) is 12.0 Å². The fourth-order valence-electron chi connectivity index (χ4n) is 2.43. The summed E-state index contributed by atoms with van der Waals surface area (Å²) in [6.07, 6.45) is 9.10. The Balaban J connectivity index is 1.93. The monoisotopic (exact) mass is 321 g/mol.